The normalized spacial score (nSPS) is 23.0. The van der Waals surface area contributed by atoms with Crippen molar-refractivity contribution in [1.82, 2.24) is 5.32 Å². The molecule has 1 aromatic heterocycles. The number of amides is 1. The van der Waals surface area contributed by atoms with Crippen LogP contribution in [0.5, 0.6) is 0 Å². The highest BCUT2D eigenvalue weighted by Gasteiger charge is 2.30. The van der Waals surface area contributed by atoms with Crippen molar-refractivity contribution in [2.45, 2.75) is 39.2 Å². The molecule has 0 aromatic carbocycles. The number of rotatable bonds is 3. The lowest BCUT2D eigenvalue weighted by Crippen LogP contribution is -2.32. The van der Waals surface area contributed by atoms with Crippen LogP contribution in [0.15, 0.2) is 6.07 Å². The summed E-state index contributed by atoms with van der Waals surface area (Å²) in [6.07, 6.45) is 1.96. The van der Waals surface area contributed by atoms with Crippen molar-refractivity contribution in [3.05, 3.63) is 21.4 Å². The van der Waals surface area contributed by atoms with Gasteiger partial charge in [-0.25, -0.2) is 0 Å². The first-order valence-corrected chi connectivity index (χ1v) is 6.89. The van der Waals surface area contributed by atoms with E-state index in [9.17, 15) is 9.59 Å². The molecule has 1 saturated carbocycles. The van der Waals surface area contributed by atoms with E-state index in [1.807, 2.05) is 19.9 Å². The van der Waals surface area contributed by atoms with Gasteiger partial charge in [-0.05, 0) is 44.7 Å². The molecular formula is C13H17NO3S. The van der Waals surface area contributed by atoms with Gasteiger partial charge in [-0.15, -0.1) is 11.3 Å². The van der Waals surface area contributed by atoms with Gasteiger partial charge in [-0.3, -0.25) is 9.59 Å². The average molecular weight is 267 g/mol. The van der Waals surface area contributed by atoms with Crippen LogP contribution in [0, 0.1) is 19.8 Å². The summed E-state index contributed by atoms with van der Waals surface area (Å²) in [5, 5.41) is 11.8. The largest absolute Gasteiger partial charge is 0.481 e. The zero-order valence-electron chi connectivity index (χ0n) is 10.5. The fourth-order valence-electron chi connectivity index (χ4n) is 2.28. The third-order valence-corrected chi connectivity index (χ3v) is 4.66. The van der Waals surface area contributed by atoms with E-state index in [0.717, 1.165) is 16.9 Å². The third-order valence-electron chi connectivity index (χ3n) is 3.51. The number of aliphatic carboxylic acids is 1. The molecule has 1 aliphatic rings. The van der Waals surface area contributed by atoms with Crippen molar-refractivity contribution in [3.8, 4) is 0 Å². The smallest absolute Gasteiger partial charge is 0.306 e. The molecule has 0 radical (unpaired) electrons. The second-order valence-corrected chi connectivity index (χ2v) is 6.12. The van der Waals surface area contributed by atoms with Gasteiger partial charge in [-0.1, -0.05) is 0 Å². The fourth-order valence-corrected chi connectivity index (χ4v) is 3.22. The lowest BCUT2D eigenvalue weighted by atomic mass is 10.1. The van der Waals surface area contributed by atoms with Gasteiger partial charge in [0.1, 0.15) is 0 Å². The summed E-state index contributed by atoms with van der Waals surface area (Å²) in [7, 11) is 0. The first-order valence-electron chi connectivity index (χ1n) is 6.08. The Bertz CT molecular complexity index is 461. The summed E-state index contributed by atoms with van der Waals surface area (Å²) in [4.78, 5) is 24.7. The molecule has 1 fully saturated rings. The number of nitrogens with one attached hydrogen (secondary N) is 1. The number of aryl methyl sites for hydroxylation is 2. The standard InChI is InChI=1S/C13H17NO3S/c1-7-5-11(18-8(7)2)12(15)14-10-4-3-9(6-10)13(16)17/h5,9-10H,3-4,6H2,1-2H3,(H,14,15)(H,16,17). The Hall–Kier alpha value is -1.36. The van der Waals surface area contributed by atoms with Gasteiger partial charge in [0.25, 0.3) is 5.91 Å². The summed E-state index contributed by atoms with van der Waals surface area (Å²) in [6.45, 7) is 3.98. The van der Waals surface area contributed by atoms with Gasteiger partial charge in [0.15, 0.2) is 0 Å². The van der Waals surface area contributed by atoms with E-state index >= 15 is 0 Å². The number of carbonyl (C=O) groups is 2. The van der Waals surface area contributed by atoms with Crippen LogP contribution in [0.25, 0.3) is 0 Å². The van der Waals surface area contributed by atoms with Crippen molar-refractivity contribution in [1.29, 1.82) is 0 Å². The Morgan fingerprint density at radius 1 is 1.39 bits per heavy atom. The molecule has 1 aliphatic carbocycles. The van der Waals surface area contributed by atoms with Crippen molar-refractivity contribution >= 4 is 23.2 Å². The molecule has 1 aromatic rings. The van der Waals surface area contributed by atoms with Crippen LogP contribution in [-0.2, 0) is 4.79 Å². The zero-order valence-corrected chi connectivity index (χ0v) is 11.3. The number of carboxylic acid groups (broad SMARTS) is 1. The molecule has 2 unspecified atom stereocenters. The predicted octanol–water partition coefficient (Wildman–Crippen LogP) is 2.35. The van der Waals surface area contributed by atoms with Crippen LogP contribution >= 0.6 is 11.3 Å². The maximum absolute atomic E-state index is 12.0. The van der Waals surface area contributed by atoms with Crippen molar-refractivity contribution in [3.63, 3.8) is 0 Å². The van der Waals surface area contributed by atoms with Crippen LogP contribution in [0.4, 0.5) is 0 Å². The second-order valence-electron chi connectivity index (χ2n) is 4.87. The van der Waals surface area contributed by atoms with E-state index < -0.39 is 5.97 Å². The minimum atomic E-state index is -0.755. The summed E-state index contributed by atoms with van der Waals surface area (Å²) < 4.78 is 0. The molecular weight excluding hydrogens is 250 g/mol. The number of hydrogen-bond donors (Lipinski definition) is 2. The van der Waals surface area contributed by atoms with Crippen molar-refractivity contribution in [2.75, 3.05) is 0 Å². The molecule has 1 amide bonds. The van der Waals surface area contributed by atoms with Crippen LogP contribution < -0.4 is 5.32 Å². The van der Waals surface area contributed by atoms with Crippen LogP contribution in [0.3, 0.4) is 0 Å². The monoisotopic (exact) mass is 267 g/mol. The molecule has 2 rings (SSSR count). The Morgan fingerprint density at radius 3 is 2.61 bits per heavy atom. The number of hydrogen-bond acceptors (Lipinski definition) is 3. The minimum absolute atomic E-state index is 0.00122. The second kappa shape index (κ2) is 5.10. The Labute approximate surface area is 110 Å². The van der Waals surface area contributed by atoms with Crippen molar-refractivity contribution in [2.24, 2.45) is 5.92 Å². The molecule has 18 heavy (non-hydrogen) atoms. The number of thiophene rings is 1. The van der Waals surface area contributed by atoms with E-state index in [-0.39, 0.29) is 17.9 Å². The fraction of sp³-hybridized carbons (Fsp3) is 0.538. The van der Waals surface area contributed by atoms with Gasteiger partial charge in [0.05, 0.1) is 10.8 Å². The molecule has 2 N–H and O–H groups in total. The molecule has 4 nitrogen and oxygen atoms in total. The number of carboxylic acids is 1. The maximum atomic E-state index is 12.0. The molecule has 0 bridgehead atoms. The molecule has 5 heteroatoms. The van der Waals surface area contributed by atoms with E-state index in [2.05, 4.69) is 5.32 Å². The Kier molecular flexibility index (Phi) is 3.71. The van der Waals surface area contributed by atoms with E-state index in [1.54, 1.807) is 0 Å². The van der Waals surface area contributed by atoms with Crippen LogP contribution in [0.2, 0.25) is 0 Å². The molecule has 0 aliphatic heterocycles. The van der Waals surface area contributed by atoms with Gasteiger partial charge >= 0.3 is 5.97 Å². The van der Waals surface area contributed by atoms with Gasteiger partial charge in [0, 0.05) is 10.9 Å². The molecule has 0 saturated heterocycles. The first-order chi connectivity index (χ1) is 8.47. The van der Waals surface area contributed by atoms with E-state index in [1.165, 1.54) is 11.3 Å². The molecule has 98 valence electrons. The average Bonchev–Trinajstić information content (AvgIpc) is 2.87. The third kappa shape index (κ3) is 2.72. The highest BCUT2D eigenvalue weighted by atomic mass is 32.1. The quantitative estimate of drug-likeness (QED) is 0.883. The zero-order chi connectivity index (χ0) is 13.3. The van der Waals surface area contributed by atoms with Gasteiger partial charge in [-0.2, -0.15) is 0 Å². The highest BCUT2D eigenvalue weighted by Crippen LogP contribution is 2.27. The topological polar surface area (TPSA) is 66.4 Å². The SMILES string of the molecule is Cc1cc(C(=O)NC2CCC(C(=O)O)C2)sc1C. The Morgan fingerprint density at radius 2 is 2.11 bits per heavy atom. The van der Waals surface area contributed by atoms with Crippen LogP contribution in [-0.4, -0.2) is 23.0 Å². The highest BCUT2D eigenvalue weighted by molar-refractivity contribution is 7.14. The van der Waals surface area contributed by atoms with Crippen LogP contribution in [0.1, 0.15) is 39.4 Å². The van der Waals surface area contributed by atoms with E-state index in [4.69, 9.17) is 5.11 Å². The first kappa shape index (κ1) is 13.1. The van der Waals surface area contributed by atoms with E-state index in [0.29, 0.717) is 17.7 Å². The summed E-state index contributed by atoms with van der Waals surface area (Å²) in [5.74, 6) is -1.14. The summed E-state index contributed by atoms with van der Waals surface area (Å²) in [5.41, 5.74) is 1.12. The summed E-state index contributed by atoms with van der Waals surface area (Å²) in [6, 6.07) is 1.89. The van der Waals surface area contributed by atoms with Gasteiger partial charge < -0.3 is 10.4 Å². The Balaban J connectivity index is 1.94. The maximum Gasteiger partial charge on any atom is 0.306 e. The van der Waals surface area contributed by atoms with Crippen molar-refractivity contribution < 1.29 is 14.7 Å². The predicted molar refractivity (Wildman–Crippen MR) is 70.0 cm³/mol. The molecule has 1 heterocycles. The minimum Gasteiger partial charge on any atom is -0.481 e. The molecule has 0 spiro atoms. The lowest BCUT2D eigenvalue weighted by Gasteiger charge is -2.11. The molecule has 2 atom stereocenters. The number of carbonyl (C=O) groups excluding carboxylic acids is 1. The lowest BCUT2D eigenvalue weighted by molar-refractivity contribution is -0.141. The van der Waals surface area contributed by atoms with Gasteiger partial charge in [0.2, 0.25) is 0 Å². The summed E-state index contributed by atoms with van der Waals surface area (Å²) >= 11 is 1.48.